The van der Waals surface area contributed by atoms with E-state index in [1.807, 2.05) is 0 Å². The van der Waals surface area contributed by atoms with Crippen molar-refractivity contribution in [2.24, 2.45) is 11.5 Å². The van der Waals surface area contributed by atoms with Crippen molar-refractivity contribution in [2.45, 2.75) is 11.9 Å². The first-order chi connectivity index (χ1) is 5.86. The number of urea groups is 1. The second-order valence-electron chi connectivity index (χ2n) is 2.00. The van der Waals surface area contributed by atoms with E-state index in [1.54, 1.807) is 0 Å². The van der Waals surface area contributed by atoms with Crippen molar-refractivity contribution in [1.82, 2.24) is 4.31 Å². The van der Waals surface area contributed by atoms with Crippen molar-refractivity contribution in [2.75, 3.05) is 0 Å². The van der Waals surface area contributed by atoms with Gasteiger partial charge in [-0.2, -0.15) is 0 Å². The second-order valence-corrected chi connectivity index (χ2v) is 3.36. The van der Waals surface area contributed by atoms with Gasteiger partial charge in [0.2, 0.25) is 5.91 Å². The van der Waals surface area contributed by atoms with Gasteiger partial charge in [0.25, 0.3) is 11.3 Å². The third-order valence-corrected chi connectivity index (χ3v) is 2.25. The van der Waals surface area contributed by atoms with Gasteiger partial charge in [-0.3, -0.25) is 9.35 Å². The molecule has 0 aromatic carbocycles. The van der Waals surface area contributed by atoms with E-state index in [0.717, 1.165) is 0 Å². The summed E-state index contributed by atoms with van der Waals surface area (Å²) in [5.74, 6) is -0.809. The molecule has 0 heterocycles. The lowest BCUT2D eigenvalue weighted by atomic mass is 10.4. The molecule has 2 atom stereocenters. The third-order valence-electron chi connectivity index (χ3n) is 1.01. The van der Waals surface area contributed by atoms with Crippen LogP contribution < -0.4 is 11.5 Å². The average Bonchev–Trinajstić information content (AvgIpc) is 1.81. The molecule has 5 N–H and O–H groups in total. The highest BCUT2D eigenvalue weighted by Gasteiger charge is 2.25. The van der Waals surface area contributed by atoms with Gasteiger partial charge in [-0.25, -0.2) is 13.3 Å². The number of nitrogens with zero attached hydrogens (tertiary/aromatic N) is 1. The summed E-state index contributed by atoms with van der Waals surface area (Å²) in [6, 6.07) is -1.21. The minimum Gasteiger partial charge on any atom is -0.370 e. The van der Waals surface area contributed by atoms with Crippen LogP contribution in [-0.4, -0.2) is 30.5 Å². The zero-order valence-electron chi connectivity index (χ0n) is 6.34. The van der Waals surface area contributed by atoms with Gasteiger partial charge in [0.1, 0.15) is 5.50 Å². The Morgan fingerprint density at radius 1 is 1.54 bits per heavy atom. The van der Waals surface area contributed by atoms with Crippen molar-refractivity contribution < 1.29 is 18.4 Å². The molecule has 3 amide bonds. The SMILES string of the molecule is NC(=O)CC(Cl)N(C(N)=O)S(=O)O. The smallest absolute Gasteiger partial charge is 0.329 e. The van der Waals surface area contributed by atoms with Crippen molar-refractivity contribution in [3.05, 3.63) is 0 Å². The summed E-state index contributed by atoms with van der Waals surface area (Å²) >= 11 is 2.74. The molecule has 0 bridgehead atoms. The number of hydrogen-bond donors (Lipinski definition) is 3. The summed E-state index contributed by atoms with van der Waals surface area (Å²) in [7, 11) is 0. The Balaban J connectivity index is 4.46. The minimum atomic E-state index is -2.66. The van der Waals surface area contributed by atoms with Gasteiger partial charge in [-0.1, -0.05) is 11.6 Å². The Morgan fingerprint density at radius 3 is 2.23 bits per heavy atom. The molecule has 0 rings (SSSR count). The average molecular weight is 230 g/mol. The maximum Gasteiger partial charge on any atom is 0.329 e. The van der Waals surface area contributed by atoms with Crippen molar-refractivity contribution in [3.8, 4) is 0 Å². The fourth-order valence-electron chi connectivity index (χ4n) is 0.562. The van der Waals surface area contributed by atoms with Crippen LogP contribution in [0.2, 0.25) is 0 Å². The summed E-state index contributed by atoms with van der Waals surface area (Å²) in [6.07, 6.45) is -0.448. The lowest BCUT2D eigenvalue weighted by Crippen LogP contribution is -2.43. The molecule has 0 aromatic rings. The summed E-state index contributed by atoms with van der Waals surface area (Å²) in [5, 5.41) is 0. The molecule has 76 valence electrons. The molecule has 0 saturated heterocycles. The van der Waals surface area contributed by atoms with Crippen molar-refractivity contribution in [1.29, 1.82) is 0 Å². The molecule has 0 aromatic heterocycles. The van der Waals surface area contributed by atoms with Gasteiger partial charge in [0.05, 0.1) is 6.42 Å². The van der Waals surface area contributed by atoms with Crippen LogP contribution in [0.15, 0.2) is 0 Å². The highest BCUT2D eigenvalue weighted by Crippen LogP contribution is 2.10. The quantitative estimate of drug-likeness (QED) is 0.323. The number of hydrogen-bond acceptors (Lipinski definition) is 3. The fourth-order valence-corrected chi connectivity index (χ4v) is 1.44. The highest BCUT2D eigenvalue weighted by molar-refractivity contribution is 7.77. The standard InChI is InChI=1S/C4H8ClN3O4S/c5-2(1-3(6)9)8(4(7)10)13(11)12/h2H,1H2,(H2,6,9)(H2,7,10)(H,11,12). The van der Waals surface area contributed by atoms with Gasteiger partial charge >= 0.3 is 6.03 Å². The minimum absolute atomic E-state index is 0.228. The zero-order valence-corrected chi connectivity index (χ0v) is 7.92. The Bertz CT molecular complexity index is 234. The number of carbonyl (C=O) groups excluding carboxylic acids is 2. The van der Waals surface area contributed by atoms with Crippen LogP contribution in [0.5, 0.6) is 0 Å². The summed E-state index contributed by atoms with van der Waals surface area (Å²) in [5.41, 5.74) is 8.14. The number of halogens is 1. The normalized spacial score (nSPS) is 14.6. The topological polar surface area (TPSA) is 127 Å². The number of amides is 3. The van der Waals surface area contributed by atoms with E-state index in [1.165, 1.54) is 0 Å². The van der Waals surface area contributed by atoms with E-state index >= 15 is 0 Å². The molecule has 0 radical (unpaired) electrons. The first kappa shape index (κ1) is 12.1. The van der Waals surface area contributed by atoms with E-state index in [-0.39, 0.29) is 4.31 Å². The lowest BCUT2D eigenvalue weighted by molar-refractivity contribution is -0.118. The first-order valence-corrected chi connectivity index (χ1v) is 4.48. The number of rotatable bonds is 4. The third kappa shape index (κ3) is 4.06. The van der Waals surface area contributed by atoms with Gasteiger partial charge in [0, 0.05) is 0 Å². The number of primary amides is 2. The summed E-state index contributed by atoms with van der Waals surface area (Å²) < 4.78 is 19.2. The molecule has 0 aliphatic carbocycles. The molecule has 0 aliphatic heterocycles. The number of carbonyl (C=O) groups is 2. The van der Waals surface area contributed by atoms with Crippen LogP contribution in [0.3, 0.4) is 0 Å². The molecule has 2 unspecified atom stereocenters. The Hall–Kier alpha value is -0.860. The van der Waals surface area contributed by atoms with Crippen molar-refractivity contribution in [3.63, 3.8) is 0 Å². The molecular weight excluding hydrogens is 222 g/mol. The van der Waals surface area contributed by atoms with Crippen molar-refractivity contribution >= 4 is 34.8 Å². The van der Waals surface area contributed by atoms with E-state index in [4.69, 9.17) is 27.6 Å². The molecule has 7 nitrogen and oxygen atoms in total. The number of nitrogens with two attached hydrogens (primary N) is 2. The van der Waals surface area contributed by atoms with Crippen LogP contribution >= 0.6 is 11.6 Å². The predicted molar refractivity (Wildman–Crippen MR) is 45.6 cm³/mol. The Morgan fingerprint density at radius 2 is 2.00 bits per heavy atom. The largest absolute Gasteiger partial charge is 0.370 e. The van der Waals surface area contributed by atoms with Crippen LogP contribution in [0.25, 0.3) is 0 Å². The Kier molecular flexibility index (Phi) is 4.67. The highest BCUT2D eigenvalue weighted by atomic mass is 35.5. The fraction of sp³-hybridized carbons (Fsp3) is 0.500. The molecule has 0 fully saturated rings. The maximum absolute atomic E-state index is 10.5. The van der Waals surface area contributed by atoms with E-state index in [2.05, 4.69) is 0 Å². The predicted octanol–water partition coefficient (Wildman–Crippen LogP) is -1.06. The van der Waals surface area contributed by atoms with Gasteiger partial charge in [-0.05, 0) is 0 Å². The Labute approximate surface area is 81.4 Å². The molecule has 9 heteroatoms. The monoisotopic (exact) mass is 229 g/mol. The first-order valence-electron chi connectivity index (χ1n) is 2.98. The summed E-state index contributed by atoms with van der Waals surface area (Å²) in [6.45, 7) is 0. The second kappa shape index (κ2) is 5.00. The zero-order chi connectivity index (χ0) is 10.6. The van der Waals surface area contributed by atoms with Crippen LogP contribution in [0.1, 0.15) is 6.42 Å². The van der Waals surface area contributed by atoms with Crippen LogP contribution in [0, 0.1) is 0 Å². The summed E-state index contributed by atoms with van der Waals surface area (Å²) in [4.78, 5) is 20.9. The van der Waals surface area contributed by atoms with E-state index in [9.17, 15) is 13.8 Å². The number of alkyl halides is 1. The van der Waals surface area contributed by atoms with Crippen LogP contribution in [0.4, 0.5) is 4.79 Å². The molecule has 13 heavy (non-hydrogen) atoms. The molecular formula is C4H8ClN3O4S. The van der Waals surface area contributed by atoms with Gasteiger partial charge in [0.15, 0.2) is 0 Å². The maximum atomic E-state index is 10.5. The molecule has 0 aliphatic rings. The van der Waals surface area contributed by atoms with Gasteiger partial charge < -0.3 is 11.5 Å². The lowest BCUT2D eigenvalue weighted by Gasteiger charge is -2.19. The molecule has 0 spiro atoms. The molecule has 0 saturated carbocycles. The van der Waals surface area contributed by atoms with Crippen LogP contribution in [-0.2, 0) is 16.1 Å². The van der Waals surface area contributed by atoms with E-state index in [0.29, 0.717) is 0 Å². The van der Waals surface area contributed by atoms with Gasteiger partial charge in [-0.15, -0.1) is 0 Å². The van der Waals surface area contributed by atoms with E-state index < -0.39 is 35.1 Å².